The molecular weight excluding hydrogens is 286 g/mol. The molecule has 1 aromatic rings. The molecule has 21 heavy (non-hydrogen) atoms. The molecule has 5 nitrogen and oxygen atoms in total. The largest absolute Gasteiger partial charge is 0.338 e. The van der Waals surface area contributed by atoms with E-state index in [2.05, 4.69) is 5.32 Å². The summed E-state index contributed by atoms with van der Waals surface area (Å²) in [4.78, 5) is 28.8. The first-order valence-corrected chi connectivity index (χ1v) is 8.50. The zero-order chi connectivity index (χ0) is 14.7. The molecule has 1 atom stereocenters. The van der Waals surface area contributed by atoms with Gasteiger partial charge in [0.15, 0.2) is 0 Å². The van der Waals surface area contributed by atoms with E-state index in [4.69, 9.17) is 0 Å². The lowest BCUT2D eigenvalue weighted by Crippen LogP contribution is -2.53. The molecule has 0 aromatic carbocycles. The second kappa shape index (κ2) is 6.58. The van der Waals surface area contributed by atoms with Crippen molar-refractivity contribution in [3.8, 4) is 0 Å². The van der Waals surface area contributed by atoms with E-state index in [1.54, 1.807) is 16.2 Å². The molecular formula is C15H21N3O2S. The monoisotopic (exact) mass is 307 g/mol. The number of carbonyl (C=O) groups excluding carboxylic acids is 2. The molecule has 114 valence electrons. The minimum absolute atomic E-state index is 0.0828. The number of likely N-dealkylation sites (tertiary alicyclic amines) is 1. The van der Waals surface area contributed by atoms with Crippen LogP contribution >= 0.6 is 11.3 Å². The summed E-state index contributed by atoms with van der Waals surface area (Å²) < 4.78 is 0. The maximum absolute atomic E-state index is 12.6. The maximum Gasteiger partial charge on any atom is 0.245 e. The van der Waals surface area contributed by atoms with Gasteiger partial charge in [-0.3, -0.25) is 9.59 Å². The molecule has 2 fully saturated rings. The van der Waals surface area contributed by atoms with Crippen molar-refractivity contribution in [3.05, 3.63) is 22.4 Å². The van der Waals surface area contributed by atoms with Gasteiger partial charge in [0, 0.05) is 32.7 Å². The topological polar surface area (TPSA) is 52.7 Å². The SMILES string of the molecule is O=C(C1CCCN1C(=O)Cc1ccsc1)N1CCNCC1. The Kier molecular flexibility index (Phi) is 4.55. The van der Waals surface area contributed by atoms with Crippen molar-refractivity contribution in [1.82, 2.24) is 15.1 Å². The van der Waals surface area contributed by atoms with Gasteiger partial charge >= 0.3 is 0 Å². The van der Waals surface area contributed by atoms with E-state index in [0.29, 0.717) is 13.0 Å². The molecule has 2 saturated heterocycles. The third-order valence-corrected chi connectivity index (χ3v) is 4.95. The highest BCUT2D eigenvalue weighted by molar-refractivity contribution is 7.08. The molecule has 3 heterocycles. The van der Waals surface area contributed by atoms with E-state index in [9.17, 15) is 9.59 Å². The maximum atomic E-state index is 12.6. The van der Waals surface area contributed by atoms with Gasteiger partial charge in [-0.05, 0) is 35.2 Å². The average molecular weight is 307 g/mol. The number of piperazine rings is 1. The Hall–Kier alpha value is -1.40. The van der Waals surface area contributed by atoms with Crippen LogP contribution in [-0.2, 0) is 16.0 Å². The Labute approximate surface area is 128 Å². The minimum Gasteiger partial charge on any atom is -0.338 e. The Morgan fingerprint density at radius 3 is 2.81 bits per heavy atom. The van der Waals surface area contributed by atoms with Gasteiger partial charge in [0.05, 0.1) is 6.42 Å². The summed E-state index contributed by atoms with van der Waals surface area (Å²) in [6.07, 6.45) is 2.14. The number of hydrogen-bond acceptors (Lipinski definition) is 4. The summed E-state index contributed by atoms with van der Waals surface area (Å²) in [7, 11) is 0. The van der Waals surface area contributed by atoms with Crippen molar-refractivity contribution in [3.63, 3.8) is 0 Å². The van der Waals surface area contributed by atoms with Crippen molar-refractivity contribution in [1.29, 1.82) is 0 Å². The molecule has 1 N–H and O–H groups in total. The summed E-state index contributed by atoms with van der Waals surface area (Å²) in [6, 6.07) is 1.74. The second-order valence-corrected chi connectivity index (χ2v) is 6.41. The Morgan fingerprint density at radius 1 is 1.29 bits per heavy atom. The Balaban J connectivity index is 1.64. The van der Waals surface area contributed by atoms with Gasteiger partial charge in [-0.2, -0.15) is 11.3 Å². The van der Waals surface area contributed by atoms with Crippen LogP contribution in [0, 0.1) is 0 Å². The van der Waals surface area contributed by atoms with Gasteiger partial charge in [-0.25, -0.2) is 0 Å². The summed E-state index contributed by atoms with van der Waals surface area (Å²) >= 11 is 1.60. The lowest BCUT2D eigenvalue weighted by atomic mass is 10.1. The van der Waals surface area contributed by atoms with E-state index in [1.165, 1.54) is 0 Å². The van der Waals surface area contributed by atoms with Crippen LogP contribution in [0.4, 0.5) is 0 Å². The van der Waals surface area contributed by atoms with E-state index < -0.39 is 0 Å². The molecule has 0 aliphatic carbocycles. The molecule has 2 aliphatic heterocycles. The lowest BCUT2D eigenvalue weighted by Gasteiger charge is -2.33. The number of hydrogen-bond donors (Lipinski definition) is 1. The molecule has 3 rings (SSSR count). The summed E-state index contributed by atoms with van der Waals surface area (Å²) in [5, 5.41) is 7.23. The van der Waals surface area contributed by atoms with Crippen molar-refractivity contribution in [2.45, 2.75) is 25.3 Å². The van der Waals surface area contributed by atoms with Crippen LogP contribution in [0.25, 0.3) is 0 Å². The highest BCUT2D eigenvalue weighted by atomic mass is 32.1. The quantitative estimate of drug-likeness (QED) is 0.895. The molecule has 0 saturated carbocycles. The molecule has 1 unspecified atom stereocenters. The average Bonchev–Trinajstić information content (AvgIpc) is 3.18. The predicted octanol–water partition coefficient (Wildman–Crippen LogP) is 0.713. The van der Waals surface area contributed by atoms with Gasteiger partial charge in [0.2, 0.25) is 11.8 Å². The summed E-state index contributed by atoms with van der Waals surface area (Å²) in [6.45, 7) is 3.91. The molecule has 0 bridgehead atoms. The number of carbonyl (C=O) groups is 2. The first kappa shape index (κ1) is 14.5. The van der Waals surface area contributed by atoms with Crippen LogP contribution in [0.15, 0.2) is 16.8 Å². The van der Waals surface area contributed by atoms with E-state index in [0.717, 1.165) is 44.6 Å². The van der Waals surface area contributed by atoms with Crippen LogP contribution < -0.4 is 5.32 Å². The molecule has 0 spiro atoms. The van der Waals surface area contributed by atoms with Gasteiger partial charge in [-0.15, -0.1) is 0 Å². The Morgan fingerprint density at radius 2 is 2.10 bits per heavy atom. The second-order valence-electron chi connectivity index (χ2n) is 5.63. The number of nitrogens with one attached hydrogen (secondary N) is 1. The van der Waals surface area contributed by atoms with Crippen molar-refractivity contribution in [2.24, 2.45) is 0 Å². The number of amides is 2. The fourth-order valence-corrected chi connectivity index (χ4v) is 3.76. The van der Waals surface area contributed by atoms with Crippen LogP contribution in [-0.4, -0.2) is 60.4 Å². The standard InChI is InChI=1S/C15H21N3O2S/c19-14(10-12-3-9-21-11-12)18-6-1-2-13(18)15(20)17-7-4-16-5-8-17/h3,9,11,13,16H,1-2,4-8,10H2. The smallest absolute Gasteiger partial charge is 0.245 e. The van der Waals surface area contributed by atoms with Gasteiger partial charge < -0.3 is 15.1 Å². The van der Waals surface area contributed by atoms with Crippen LogP contribution in [0.3, 0.4) is 0 Å². The predicted molar refractivity (Wildman–Crippen MR) is 82.2 cm³/mol. The summed E-state index contributed by atoms with van der Waals surface area (Å²) in [5.74, 6) is 0.215. The third-order valence-electron chi connectivity index (χ3n) is 4.22. The molecule has 6 heteroatoms. The first-order chi connectivity index (χ1) is 10.3. The third kappa shape index (κ3) is 3.27. The molecule has 0 radical (unpaired) electrons. The van der Waals surface area contributed by atoms with E-state index in [-0.39, 0.29) is 17.9 Å². The van der Waals surface area contributed by atoms with E-state index >= 15 is 0 Å². The van der Waals surface area contributed by atoms with Crippen LogP contribution in [0.1, 0.15) is 18.4 Å². The van der Waals surface area contributed by atoms with Crippen LogP contribution in [0.5, 0.6) is 0 Å². The fraction of sp³-hybridized carbons (Fsp3) is 0.600. The fourth-order valence-electron chi connectivity index (χ4n) is 3.09. The number of thiophene rings is 1. The van der Waals surface area contributed by atoms with Gasteiger partial charge in [0.25, 0.3) is 0 Å². The Bertz CT molecular complexity index is 497. The van der Waals surface area contributed by atoms with Crippen molar-refractivity contribution >= 4 is 23.2 Å². The van der Waals surface area contributed by atoms with Crippen molar-refractivity contribution in [2.75, 3.05) is 32.7 Å². The molecule has 1 aromatic heterocycles. The number of nitrogens with zero attached hydrogens (tertiary/aromatic N) is 2. The first-order valence-electron chi connectivity index (χ1n) is 7.56. The number of rotatable bonds is 3. The van der Waals surface area contributed by atoms with Crippen LogP contribution in [0.2, 0.25) is 0 Å². The van der Waals surface area contributed by atoms with Gasteiger partial charge in [0.1, 0.15) is 6.04 Å². The van der Waals surface area contributed by atoms with Crippen molar-refractivity contribution < 1.29 is 9.59 Å². The minimum atomic E-state index is -0.241. The zero-order valence-corrected chi connectivity index (χ0v) is 12.9. The molecule has 2 aliphatic rings. The highest BCUT2D eigenvalue weighted by Gasteiger charge is 2.36. The molecule has 2 amide bonds. The van der Waals surface area contributed by atoms with Gasteiger partial charge in [-0.1, -0.05) is 0 Å². The zero-order valence-electron chi connectivity index (χ0n) is 12.1. The summed E-state index contributed by atoms with van der Waals surface area (Å²) in [5.41, 5.74) is 1.05. The normalized spacial score (nSPS) is 22.6. The highest BCUT2D eigenvalue weighted by Crippen LogP contribution is 2.21. The lowest BCUT2D eigenvalue weighted by molar-refractivity contribution is -0.143. The van der Waals surface area contributed by atoms with E-state index in [1.807, 2.05) is 21.7 Å².